The maximum absolute atomic E-state index is 9.36. The number of aliphatic hydroxyl groups is 7. The summed E-state index contributed by atoms with van der Waals surface area (Å²) in [5.41, 5.74) is -4.75. The Morgan fingerprint density at radius 1 is 0.714 bits per heavy atom. The molecule has 14 heavy (non-hydrogen) atoms. The Morgan fingerprint density at radius 3 is 1.07 bits per heavy atom. The molecule has 0 amide bonds. The molecule has 0 aromatic rings. The van der Waals surface area contributed by atoms with E-state index in [4.69, 9.17) is 20.4 Å². The predicted molar refractivity (Wildman–Crippen MR) is 44.2 cm³/mol. The lowest BCUT2D eigenvalue weighted by molar-refractivity contribution is -0.220. The van der Waals surface area contributed by atoms with Gasteiger partial charge in [0.15, 0.2) is 0 Å². The summed E-state index contributed by atoms with van der Waals surface area (Å²) < 4.78 is 0. The summed E-state index contributed by atoms with van der Waals surface area (Å²) in [7, 11) is 0. The number of rotatable bonds is 6. The minimum Gasteiger partial charge on any atom is -0.393 e. The van der Waals surface area contributed by atoms with Gasteiger partial charge in [0.1, 0.15) is 17.3 Å². The summed E-state index contributed by atoms with van der Waals surface area (Å²) >= 11 is 0. The minimum absolute atomic E-state index is 1.02. The van der Waals surface area contributed by atoms with Gasteiger partial charge in [-0.1, -0.05) is 0 Å². The fourth-order valence-electron chi connectivity index (χ4n) is 0.946. The van der Waals surface area contributed by atoms with E-state index in [1.807, 2.05) is 0 Å². The van der Waals surface area contributed by atoms with E-state index in [0.29, 0.717) is 0 Å². The second-order valence-corrected chi connectivity index (χ2v) is 3.24. The van der Waals surface area contributed by atoms with Crippen LogP contribution in [0.25, 0.3) is 0 Å². The third kappa shape index (κ3) is 2.39. The largest absolute Gasteiger partial charge is 0.393 e. The molecule has 0 saturated carbocycles. The lowest BCUT2D eigenvalue weighted by Gasteiger charge is -2.38. The molecule has 0 fully saturated rings. The molecular weight excluding hydrogens is 196 g/mol. The van der Waals surface area contributed by atoms with Crippen molar-refractivity contribution in [2.24, 2.45) is 0 Å². The second kappa shape index (κ2) is 4.99. The molecule has 0 radical (unpaired) electrons. The standard InChI is InChI=1S/C7H16O7/c8-1-6(13,2-9)5(12)7(14,3-10)4-11/h5,8-14H,1-4H2. The molecule has 0 saturated heterocycles. The molecule has 0 atom stereocenters. The first-order valence-electron chi connectivity index (χ1n) is 3.96. The van der Waals surface area contributed by atoms with Gasteiger partial charge in [0, 0.05) is 0 Å². The van der Waals surface area contributed by atoms with Crippen LogP contribution < -0.4 is 0 Å². The summed E-state index contributed by atoms with van der Waals surface area (Å²) in [4.78, 5) is 0. The number of hydrogen-bond acceptors (Lipinski definition) is 7. The van der Waals surface area contributed by atoms with Crippen molar-refractivity contribution in [3.8, 4) is 0 Å². The van der Waals surface area contributed by atoms with Gasteiger partial charge in [-0.05, 0) is 0 Å². The van der Waals surface area contributed by atoms with Crippen molar-refractivity contribution in [2.45, 2.75) is 17.3 Å². The van der Waals surface area contributed by atoms with E-state index in [2.05, 4.69) is 0 Å². The lowest BCUT2D eigenvalue weighted by atomic mass is 9.85. The Balaban J connectivity index is 4.80. The molecule has 86 valence electrons. The first kappa shape index (κ1) is 13.7. The van der Waals surface area contributed by atoms with E-state index in [9.17, 15) is 15.3 Å². The van der Waals surface area contributed by atoms with E-state index in [1.54, 1.807) is 0 Å². The fourth-order valence-corrected chi connectivity index (χ4v) is 0.946. The third-order valence-electron chi connectivity index (χ3n) is 2.11. The normalized spacial score (nSPS) is 13.7. The van der Waals surface area contributed by atoms with Crippen LogP contribution in [-0.4, -0.2) is 79.5 Å². The van der Waals surface area contributed by atoms with Gasteiger partial charge in [-0.15, -0.1) is 0 Å². The van der Waals surface area contributed by atoms with Gasteiger partial charge in [0.05, 0.1) is 26.4 Å². The van der Waals surface area contributed by atoms with Crippen molar-refractivity contribution in [3.05, 3.63) is 0 Å². The van der Waals surface area contributed by atoms with Gasteiger partial charge in [-0.3, -0.25) is 0 Å². The molecule has 7 N–H and O–H groups in total. The number of aliphatic hydroxyl groups excluding tert-OH is 5. The molecule has 7 nitrogen and oxygen atoms in total. The Labute approximate surface area is 80.5 Å². The van der Waals surface area contributed by atoms with Gasteiger partial charge >= 0.3 is 0 Å². The summed E-state index contributed by atoms with van der Waals surface area (Å²) in [6, 6.07) is 0. The maximum Gasteiger partial charge on any atom is 0.139 e. The summed E-state index contributed by atoms with van der Waals surface area (Å²) in [5.74, 6) is 0. The molecule has 0 spiro atoms. The van der Waals surface area contributed by atoms with Crippen molar-refractivity contribution in [2.75, 3.05) is 26.4 Å². The maximum atomic E-state index is 9.36. The Bertz CT molecular complexity index is 145. The molecule has 0 bridgehead atoms. The van der Waals surface area contributed by atoms with Crippen LogP contribution >= 0.6 is 0 Å². The monoisotopic (exact) mass is 212 g/mol. The van der Waals surface area contributed by atoms with Crippen molar-refractivity contribution >= 4 is 0 Å². The van der Waals surface area contributed by atoms with Crippen LogP contribution in [0.15, 0.2) is 0 Å². The molecule has 0 aromatic carbocycles. The lowest BCUT2D eigenvalue weighted by Crippen LogP contribution is -2.63. The average molecular weight is 212 g/mol. The van der Waals surface area contributed by atoms with Crippen LogP contribution in [0.1, 0.15) is 0 Å². The van der Waals surface area contributed by atoms with Gasteiger partial charge in [0.25, 0.3) is 0 Å². The van der Waals surface area contributed by atoms with E-state index >= 15 is 0 Å². The van der Waals surface area contributed by atoms with Crippen LogP contribution in [0.2, 0.25) is 0 Å². The zero-order chi connectivity index (χ0) is 11.4. The van der Waals surface area contributed by atoms with E-state index in [-0.39, 0.29) is 0 Å². The molecular formula is C7H16O7. The van der Waals surface area contributed by atoms with Gasteiger partial charge in [-0.2, -0.15) is 0 Å². The van der Waals surface area contributed by atoms with Crippen LogP contribution in [0.5, 0.6) is 0 Å². The Hall–Kier alpha value is -0.280. The Morgan fingerprint density at radius 2 is 0.929 bits per heavy atom. The molecule has 7 heteroatoms. The number of hydrogen-bond donors (Lipinski definition) is 7. The first-order chi connectivity index (χ1) is 6.40. The zero-order valence-corrected chi connectivity index (χ0v) is 7.54. The zero-order valence-electron chi connectivity index (χ0n) is 7.54. The van der Waals surface area contributed by atoms with Crippen molar-refractivity contribution in [1.82, 2.24) is 0 Å². The summed E-state index contributed by atoms with van der Waals surface area (Å²) in [6.07, 6.45) is -2.07. The summed E-state index contributed by atoms with van der Waals surface area (Å²) in [6.45, 7) is -4.08. The molecule has 0 unspecified atom stereocenters. The van der Waals surface area contributed by atoms with Gasteiger partial charge in [0.2, 0.25) is 0 Å². The van der Waals surface area contributed by atoms with Crippen LogP contribution in [0.4, 0.5) is 0 Å². The Kier molecular flexibility index (Phi) is 4.89. The van der Waals surface area contributed by atoms with Crippen LogP contribution in [-0.2, 0) is 0 Å². The van der Waals surface area contributed by atoms with Gasteiger partial charge in [-0.25, -0.2) is 0 Å². The highest BCUT2D eigenvalue weighted by atomic mass is 16.4. The van der Waals surface area contributed by atoms with Crippen molar-refractivity contribution < 1.29 is 35.7 Å². The molecule has 0 aliphatic carbocycles. The molecule has 0 aromatic heterocycles. The van der Waals surface area contributed by atoms with Crippen LogP contribution in [0.3, 0.4) is 0 Å². The fraction of sp³-hybridized carbons (Fsp3) is 1.00. The third-order valence-corrected chi connectivity index (χ3v) is 2.11. The summed E-state index contributed by atoms with van der Waals surface area (Å²) in [5, 5.41) is 62.7. The molecule has 0 aliphatic heterocycles. The average Bonchev–Trinajstić information content (AvgIpc) is 2.25. The highest BCUT2D eigenvalue weighted by molar-refractivity contribution is 4.98. The van der Waals surface area contributed by atoms with E-state index < -0.39 is 43.7 Å². The molecule has 0 heterocycles. The quantitative estimate of drug-likeness (QED) is 0.236. The smallest absolute Gasteiger partial charge is 0.139 e. The van der Waals surface area contributed by atoms with E-state index in [0.717, 1.165) is 0 Å². The highest BCUT2D eigenvalue weighted by Crippen LogP contribution is 2.20. The topological polar surface area (TPSA) is 142 Å². The minimum atomic E-state index is -2.37. The van der Waals surface area contributed by atoms with Crippen molar-refractivity contribution in [3.63, 3.8) is 0 Å². The SMILES string of the molecule is OCC(O)(CO)C(O)C(O)(CO)CO. The van der Waals surface area contributed by atoms with Gasteiger partial charge < -0.3 is 35.7 Å². The molecule has 0 aliphatic rings. The highest BCUT2D eigenvalue weighted by Gasteiger charge is 2.48. The second-order valence-electron chi connectivity index (χ2n) is 3.24. The predicted octanol–water partition coefficient (Wildman–Crippen LogP) is -4.22. The van der Waals surface area contributed by atoms with Crippen molar-refractivity contribution in [1.29, 1.82) is 0 Å². The van der Waals surface area contributed by atoms with E-state index in [1.165, 1.54) is 0 Å². The molecule has 0 rings (SSSR count). The van der Waals surface area contributed by atoms with Crippen LogP contribution in [0, 0.1) is 0 Å². The first-order valence-corrected chi connectivity index (χ1v) is 3.96.